The Morgan fingerprint density at radius 3 is 2.82 bits per heavy atom. The second-order valence-corrected chi connectivity index (χ2v) is 8.00. The van der Waals surface area contributed by atoms with Gasteiger partial charge in [0.2, 0.25) is 6.79 Å². The summed E-state index contributed by atoms with van der Waals surface area (Å²) in [5.74, 6) is 3.41. The van der Waals surface area contributed by atoms with E-state index < -0.39 is 0 Å². The first-order chi connectivity index (χ1) is 13.8. The molecule has 5 rings (SSSR count). The lowest BCUT2D eigenvalue weighted by Gasteiger charge is -2.32. The number of aliphatic imine (C=N–C) groups is 1. The molecule has 28 heavy (non-hydrogen) atoms. The molecule has 0 spiro atoms. The van der Waals surface area contributed by atoms with Crippen molar-refractivity contribution in [3.05, 3.63) is 47.8 Å². The number of nitrogens with zero attached hydrogens (tertiary/aromatic N) is 3. The zero-order valence-corrected chi connectivity index (χ0v) is 16.8. The fraction of sp³-hybridized carbons (Fsp3) is 0.429. The van der Waals surface area contributed by atoms with Gasteiger partial charge in [-0.25, -0.2) is 0 Å². The number of thioether (sulfide) groups is 1. The molecule has 3 atom stereocenters. The molecule has 3 aliphatic rings. The summed E-state index contributed by atoms with van der Waals surface area (Å²) in [4.78, 5) is 12.2. The summed E-state index contributed by atoms with van der Waals surface area (Å²) in [5, 5.41) is 1.10. The van der Waals surface area contributed by atoms with Crippen molar-refractivity contribution in [1.29, 1.82) is 0 Å². The van der Waals surface area contributed by atoms with E-state index in [1.807, 2.05) is 43.1 Å². The molecule has 2 aromatic rings. The van der Waals surface area contributed by atoms with Gasteiger partial charge in [-0.2, -0.15) is 0 Å². The highest BCUT2D eigenvalue weighted by Crippen LogP contribution is 2.52. The van der Waals surface area contributed by atoms with Gasteiger partial charge in [-0.15, -0.1) is 0 Å². The fourth-order valence-corrected chi connectivity index (χ4v) is 5.48. The van der Waals surface area contributed by atoms with Crippen molar-refractivity contribution in [3.8, 4) is 17.2 Å². The Bertz CT molecular complexity index is 905. The molecule has 0 unspecified atom stereocenters. The number of rotatable bonds is 5. The number of benzene rings is 1. The van der Waals surface area contributed by atoms with E-state index in [4.69, 9.17) is 19.2 Å². The molecule has 1 fully saturated rings. The van der Waals surface area contributed by atoms with Crippen molar-refractivity contribution >= 4 is 16.9 Å². The molecule has 4 heterocycles. The molecule has 0 amide bonds. The quantitative estimate of drug-likeness (QED) is 0.754. The zero-order valence-electron chi connectivity index (χ0n) is 16.0. The maximum Gasteiger partial charge on any atom is 0.231 e. The Balaban J connectivity index is 1.65. The summed E-state index contributed by atoms with van der Waals surface area (Å²) >= 11 is 1.84. The summed E-state index contributed by atoms with van der Waals surface area (Å²) < 4.78 is 17.3. The van der Waals surface area contributed by atoms with Crippen molar-refractivity contribution in [2.75, 3.05) is 19.2 Å². The van der Waals surface area contributed by atoms with Gasteiger partial charge in [0, 0.05) is 29.6 Å². The van der Waals surface area contributed by atoms with Crippen LogP contribution >= 0.6 is 11.8 Å². The van der Waals surface area contributed by atoms with E-state index in [2.05, 4.69) is 28.9 Å². The topological polar surface area (TPSA) is 56.2 Å². The van der Waals surface area contributed by atoms with Crippen molar-refractivity contribution in [2.24, 2.45) is 4.99 Å². The largest absolute Gasteiger partial charge is 0.493 e. The Kier molecular flexibility index (Phi) is 4.55. The predicted octanol–water partition coefficient (Wildman–Crippen LogP) is 4.19. The van der Waals surface area contributed by atoms with Crippen LogP contribution in [0.1, 0.15) is 43.6 Å². The SMILES string of the molecule is CCOc1cc2c(cc1[C@@H]1[C@@H](c3ccccn3)N=C3SC[C@H](CC)N31)OCO2. The average molecular weight is 398 g/mol. The van der Waals surface area contributed by atoms with Crippen molar-refractivity contribution in [1.82, 2.24) is 9.88 Å². The van der Waals surface area contributed by atoms with Gasteiger partial charge in [0.15, 0.2) is 16.7 Å². The number of aromatic nitrogens is 1. The van der Waals surface area contributed by atoms with Crippen LogP contribution in [0.25, 0.3) is 0 Å². The number of fused-ring (bicyclic) bond motifs is 2. The van der Waals surface area contributed by atoms with E-state index in [1.54, 1.807) is 0 Å². The lowest BCUT2D eigenvalue weighted by Crippen LogP contribution is -2.35. The number of pyridine rings is 1. The molecule has 1 saturated heterocycles. The van der Waals surface area contributed by atoms with Crippen LogP contribution in [0, 0.1) is 0 Å². The highest BCUT2D eigenvalue weighted by Gasteiger charge is 2.46. The normalized spacial score (nSPS) is 25.0. The van der Waals surface area contributed by atoms with Gasteiger partial charge in [0.05, 0.1) is 18.3 Å². The van der Waals surface area contributed by atoms with Crippen LogP contribution in [0.5, 0.6) is 17.2 Å². The van der Waals surface area contributed by atoms with Crippen LogP contribution in [-0.4, -0.2) is 40.2 Å². The average Bonchev–Trinajstić information content (AvgIpc) is 3.42. The number of hydrogen-bond donors (Lipinski definition) is 0. The molecule has 7 heteroatoms. The highest BCUT2D eigenvalue weighted by atomic mass is 32.2. The third-order valence-electron chi connectivity index (χ3n) is 5.45. The molecular formula is C21H23N3O3S. The van der Waals surface area contributed by atoms with E-state index >= 15 is 0 Å². The lowest BCUT2D eigenvalue weighted by atomic mass is 9.94. The van der Waals surface area contributed by atoms with Crippen LogP contribution in [0.15, 0.2) is 41.5 Å². The predicted molar refractivity (Wildman–Crippen MR) is 109 cm³/mol. The van der Waals surface area contributed by atoms with E-state index in [9.17, 15) is 0 Å². The van der Waals surface area contributed by atoms with E-state index in [0.717, 1.165) is 45.8 Å². The minimum absolute atomic E-state index is 0.0286. The first kappa shape index (κ1) is 17.7. The summed E-state index contributed by atoms with van der Waals surface area (Å²) in [6.07, 6.45) is 2.91. The first-order valence-electron chi connectivity index (χ1n) is 9.76. The number of amidine groups is 1. The maximum absolute atomic E-state index is 6.04. The third-order valence-corrected chi connectivity index (χ3v) is 6.58. The third kappa shape index (κ3) is 2.80. The van der Waals surface area contributed by atoms with Crippen LogP contribution in [0.4, 0.5) is 0 Å². The Morgan fingerprint density at radius 2 is 2.07 bits per heavy atom. The molecule has 0 bridgehead atoms. The second-order valence-electron chi connectivity index (χ2n) is 7.01. The fourth-order valence-electron chi connectivity index (χ4n) is 4.14. The summed E-state index contributed by atoms with van der Waals surface area (Å²) in [6.45, 7) is 5.08. The van der Waals surface area contributed by atoms with Gasteiger partial charge < -0.3 is 19.1 Å². The zero-order chi connectivity index (χ0) is 19.1. The molecule has 0 radical (unpaired) electrons. The first-order valence-corrected chi connectivity index (χ1v) is 10.7. The number of hydrogen-bond acceptors (Lipinski definition) is 7. The highest BCUT2D eigenvalue weighted by molar-refractivity contribution is 8.14. The van der Waals surface area contributed by atoms with Gasteiger partial charge in [-0.1, -0.05) is 24.8 Å². The molecule has 6 nitrogen and oxygen atoms in total. The Labute approximate surface area is 168 Å². The van der Waals surface area contributed by atoms with Crippen LogP contribution < -0.4 is 14.2 Å². The van der Waals surface area contributed by atoms with Gasteiger partial charge in [0.25, 0.3) is 0 Å². The smallest absolute Gasteiger partial charge is 0.231 e. The molecule has 0 aliphatic carbocycles. The van der Waals surface area contributed by atoms with Gasteiger partial charge in [0.1, 0.15) is 11.8 Å². The number of ether oxygens (including phenoxy) is 3. The molecule has 1 aromatic carbocycles. The van der Waals surface area contributed by atoms with Crippen LogP contribution in [0.2, 0.25) is 0 Å². The second kappa shape index (κ2) is 7.20. The van der Waals surface area contributed by atoms with Gasteiger partial charge in [-0.3, -0.25) is 9.98 Å². The molecule has 0 N–H and O–H groups in total. The standard InChI is InChI=1S/C21H23N3O3S/c1-3-13-11-28-21-23-19(15-7-5-6-8-22-15)20(24(13)21)14-9-17-18(27-12-26-17)10-16(14)25-4-2/h5-10,13,19-20H,3-4,11-12H2,1-2H3/t13-,19+,20+/m0/s1. The van der Waals surface area contributed by atoms with E-state index in [1.165, 1.54) is 0 Å². The minimum Gasteiger partial charge on any atom is -0.493 e. The van der Waals surface area contributed by atoms with Crippen molar-refractivity contribution in [3.63, 3.8) is 0 Å². The van der Waals surface area contributed by atoms with Crippen LogP contribution in [-0.2, 0) is 0 Å². The summed E-state index contributed by atoms with van der Waals surface area (Å²) in [6, 6.07) is 10.5. The summed E-state index contributed by atoms with van der Waals surface area (Å²) in [5.41, 5.74) is 2.06. The van der Waals surface area contributed by atoms with Crippen molar-refractivity contribution in [2.45, 2.75) is 38.4 Å². The maximum atomic E-state index is 6.04. The molecular weight excluding hydrogens is 374 g/mol. The Morgan fingerprint density at radius 1 is 1.21 bits per heavy atom. The monoisotopic (exact) mass is 397 g/mol. The molecule has 3 aliphatic heterocycles. The molecule has 1 aromatic heterocycles. The minimum atomic E-state index is -0.0716. The van der Waals surface area contributed by atoms with Gasteiger partial charge in [-0.05, 0) is 31.5 Å². The summed E-state index contributed by atoms with van der Waals surface area (Å²) in [7, 11) is 0. The van der Waals surface area contributed by atoms with E-state index in [0.29, 0.717) is 12.6 Å². The Hall–Kier alpha value is -2.41. The van der Waals surface area contributed by atoms with E-state index in [-0.39, 0.29) is 18.9 Å². The molecule has 146 valence electrons. The van der Waals surface area contributed by atoms with Gasteiger partial charge >= 0.3 is 0 Å². The lowest BCUT2D eigenvalue weighted by molar-refractivity contribution is 0.173. The van der Waals surface area contributed by atoms with Crippen LogP contribution in [0.3, 0.4) is 0 Å². The van der Waals surface area contributed by atoms with Crippen molar-refractivity contribution < 1.29 is 14.2 Å². The molecule has 0 saturated carbocycles.